The number of ether oxygens (including phenoxy) is 2. The number of aryl methyl sites for hydroxylation is 2. The molecular formula is C48H48N22O7. The molecule has 0 radical (unpaired) electrons. The van der Waals surface area contributed by atoms with E-state index in [9.17, 15) is 19.2 Å². The average Bonchev–Trinajstić information content (AvgIpc) is 4.38. The van der Waals surface area contributed by atoms with E-state index in [1.807, 2.05) is 41.3 Å². The fourth-order valence-corrected chi connectivity index (χ4v) is 8.73. The fraction of sp³-hybridized carbons (Fsp3) is 0.250. The van der Waals surface area contributed by atoms with Crippen LogP contribution in [0.1, 0.15) is 32.4 Å². The van der Waals surface area contributed by atoms with Crippen molar-refractivity contribution in [3.8, 4) is 45.9 Å². The summed E-state index contributed by atoms with van der Waals surface area (Å²) in [5.74, 6) is 0.380. The number of aromatic amines is 4. The molecule has 392 valence electrons. The number of carboxylic acids is 1. The molecule has 0 spiro atoms. The van der Waals surface area contributed by atoms with Crippen molar-refractivity contribution in [2.24, 2.45) is 0 Å². The number of rotatable bonds is 12. The van der Waals surface area contributed by atoms with Crippen molar-refractivity contribution in [2.75, 3.05) is 76.4 Å². The Hall–Kier alpha value is -10.3. The number of pyridine rings is 4. The highest BCUT2D eigenvalue weighted by atomic mass is 16.5. The first kappa shape index (κ1) is 50.2. The molecule has 77 heavy (non-hydrogen) atoms. The predicted octanol–water partition coefficient (Wildman–Crippen LogP) is 2.18. The lowest BCUT2D eigenvalue weighted by atomic mass is 10.1. The van der Waals surface area contributed by atoms with Gasteiger partial charge in [-0.25, -0.2) is 34.1 Å². The van der Waals surface area contributed by atoms with E-state index in [1.54, 1.807) is 31.1 Å². The average molecular weight is 1050 g/mol. The van der Waals surface area contributed by atoms with Gasteiger partial charge in [0, 0.05) is 77.1 Å². The number of carboxylic acid groups (broad SMARTS) is 1. The Balaban J connectivity index is 0.000000145. The first-order chi connectivity index (χ1) is 37.5. The molecule has 12 heterocycles. The van der Waals surface area contributed by atoms with Gasteiger partial charge in [0.05, 0.1) is 70.9 Å². The predicted molar refractivity (Wildman–Crippen MR) is 274 cm³/mol. The number of aliphatic carboxylic acids is 1. The second-order valence-electron chi connectivity index (χ2n) is 17.1. The van der Waals surface area contributed by atoms with Crippen molar-refractivity contribution in [1.29, 1.82) is 0 Å². The summed E-state index contributed by atoms with van der Waals surface area (Å²) in [6.45, 7) is 9.03. The van der Waals surface area contributed by atoms with Crippen LogP contribution in [-0.4, -0.2) is 190 Å². The van der Waals surface area contributed by atoms with Crippen LogP contribution in [0.3, 0.4) is 0 Å². The maximum absolute atomic E-state index is 13.4. The summed E-state index contributed by atoms with van der Waals surface area (Å²) in [6.07, 6.45) is 12.2. The Morgan fingerprint density at radius 2 is 1.05 bits per heavy atom. The van der Waals surface area contributed by atoms with Gasteiger partial charge in [-0.1, -0.05) is 12.1 Å². The molecule has 1 amide bonds. The van der Waals surface area contributed by atoms with Crippen molar-refractivity contribution < 1.29 is 33.8 Å². The highest BCUT2D eigenvalue weighted by Crippen LogP contribution is 2.34. The van der Waals surface area contributed by atoms with E-state index in [1.165, 1.54) is 61.0 Å². The van der Waals surface area contributed by atoms with Gasteiger partial charge in [-0.15, -0.1) is 10.2 Å². The lowest BCUT2D eigenvalue weighted by Gasteiger charge is -2.34. The first-order valence-corrected chi connectivity index (χ1v) is 23.8. The van der Waals surface area contributed by atoms with Crippen molar-refractivity contribution in [3.05, 3.63) is 109 Å². The van der Waals surface area contributed by atoms with Crippen LogP contribution < -0.4 is 24.6 Å². The van der Waals surface area contributed by atoms with Gasteiger partial charge in [-0.3, -0.25) is 24.4 Å². The van der Waals surface area contributed by atoms with Crippen LogP contribution in [0.2, 0.25) is 0 Å². The number of aromatic nitrogens is 18. The number of nitrogens with zero attached hydrogens (tertiary/aromatic N) is 17. The van der Waals surface area contributed by atoms with Crippen molar-refractivity contribution in [1.82, 2.24) is 100 Å². The van der Waals surface area contributed by atoms with E-state index >= 15 is 0 Å². The third-order valence-corrected chi connectivity index (χ3v) is 12.4. The SMILES string of the molecule is COc1cnc(-n2cnc(C)n2)c2[nH]cc(C(=O)C(=O)N3CCN(c4n[nH]nc4-c4ccccn4)CC3)c12.COc1cnc(-n2cnc(C)n2)c2[nH]cc(C(=O)C(=O)O)c12.c1ccc(-c2n[nH]nc2N2CCNCC2)nc1. The number of carbonyl (C=O) groups excluding carboxylic acids is 3. The van der Waals surface area contributed by atoms with Crippen molar-refractivity contribution >= 4 is 56.9 Å². The summed E-state index contributed by atoms with van der Waals surface area (Å²) >= 11 is 0. The van der Waals surface area contributed by atoms with Crippen LogP contribution in [0, 0.1) is 13.8 Å². The molecule has 0 aromatic carbocycles. The Kier molecular flexibility index (Phi) is 14.4. The zero-order valence-electron chi connectivity index (χ0n) is 41.7. The van der Waals surface area contributed by atoms with Gasteiger partial charge in [0.25, 0.3) is 17.5 Å². The number of fused-ring (bicyclic) bond motifs is 2. The largest absolute Gasteiger partial charge is 0.494 e. The monoisotopic (exact) mass is 1040 g/mol. The van der Waals surface area contributed by atoms with Crippen LogP contribution in [0.5, 0.6) is 11.5 Å². The third-order valence-electron chi connectivity index (χ3n) is 12.4. The minimum Gasteiger partial charge on any atom is -0.494 e. The van der Waals surface area contributed by atoms with Crippen LogP contribution >= 0.6 is 0 Å². The Bertz CT molecular complexity index is 3720. The molecule has 2 aliphatic heterocycles. The normalized spacial score (nSPS) is 13.4. The number of carbonyl (C=O) groups is 4. The van der Waals surface area contributed by atoms with Crippen molar-refractivity contribution in [2.45, 2.75) is 13.8 Å². The molecule has 2 aliphatic rings. The van der Waals surface area contributed by atoms with Gasteiger partial charge in [0.1, 0.15) is 35.8 Å². The molecule has 2 saturated heterocycles. The number of piperazine rings is 2. The number of nitrogens with one attached hydrogen (secondary N) is 5. The summed E-state index contributed by atoms with van der Waals surface area (Å²) in [7, 11) is 2.90. The number of H-pyrrole nitrogens is 4. The minimum atomic E-state index is -1.54. The molecular weight excluding hydrogens is 997 g/mol. The Morgan fingerprint density at radius 3 is 1.48 bits per heavy atom. The summed E-state index contributed by atoms with van der Waals surface area (Å²) in [5.41, 5.74) is 4.19. The standard InChI is InChI=1S/C24H23N11O3.C13H11N5O4.C11H14N6/c1-14-28-13-35(31-14)22-20-18(17(38-2)12-27-22)15(11-26-20)21(36)24(37)34-9-7-33(8-10-34)23-19(29-32-30-23)16-5-3-4-6-25-16;1-6-16-5-18(17-6)12-10-9(8(22-2)4-15-12)7(3-14-10)11(19)13(20)21;1-2-4-13-9(3-1)10-11(15-16-14-10)17-7-5-12-6-8-17/h3-6,11-13,26H,7-10H2,1-2H3,(H,29,30,32);3-5,14H,1-2H3,(H,20,21);1-4,12H,5-8H2,(H,14,15,16). The van der Waals surface area contributed by atoms with Crippen LogP contribution in [-0.2, 0) is 9.59 Å². The smallest absolute Gasteiger partial charge is 0.377 e. The molecule has 29 heteroatoms. The van der Waals surface area contributed by atoms with E-state index in [-0.39, 0.29) is 11.1 Å². The third kappa shape index (κ3) is 10.2. The molecule has 12 rings (SSSR count). The molecule has 0 bridgehead atoms. The Labute approximate surface area is 435 Å². The number of ketones is 2. The molecule has 10 aromatic rings. The maximum atomic E-state index is 13.4. The molecule has 2 fully saturated rings. The van der Waals surface area contributed by atoms with Gasteiger partial charge < -0.3 is 44.6 Å². The summed E-state index contributed by atoms with van der Waals surface area (Å²) in [6, 6.07) is 11.4. The molecule has 6 N–H and O–H groups in total. The van der Waals surface area contributed by atoms with Crippen LogP contribution in [0.15, 0.2) is 86.2 Å². The van der Waals surface area contributed by atoms with Crippen LogP contribution in [0.4, 0.5) is 11.6 Å². The van der Waals surface area contributed by atoms with E-state index < -0.39 is 23.4 Å². The summed E-state index contributed by atoms with van der Waals surface area (Å²) in [5, 5.41) is 43.8. The number of methoxy groups -OCH3 is 2. The lowest BCUT2D eigenvalue weighted by molar-refractivity contribution is -0.131. The number of Topliss-reactive ketones (excluding diaryl/α,β-unsaturated/α-hetero) is 2. The number of anilines is 2. The molecule has 10 aromatic heterocycles. The van der Waals surface area contributed by atoms with Gasteiger partial charge >= 0.3 is 5.97 Å². The van der Waals surface area contributed by atoms with Gasteiger partial charge in [0.15, 0.2) is 34.7 Å². The molecule has 29 nitrogen and oxygen atoms in total. The molecule has 0 unspecified atom stereocenters. The zero-order valence-corrected chi connectivity index (χ0v) is 41.7. The Morgan fingerprint density at radius 1 is 0.571 bits per heavy atom. The minimum absolute atomic E-state index is 0.000151. The van der Waals surface area contributed by atoms with E-state index in [2.05, 4.69) is 91.1 Å². The highest BCUT2D eigenvalue weighted by Gasteiger charge is 2.32. The lowest BCUT2D eigenvalue weighted by Crippen LogP contribution is -2.50. The fourth-order valence-electron chi connectivity index (χ4n) is 8.73. The topological polar surface area (TPSA) is 356 Å². The number of amides is 1. The van der Waals surface area contributed by atoms with Gasteiger partial charge in [-0.05, 0) is 38.1 Å². The van der Waals surface area contributed by atoms with E-state index in [4.69, 9.17) is 14.6 Å². The van der Waals surface area contributed by atoms with Crippen LogP contribution in [0.25, 0.3) is 56.2 Å². The van der Waals surface area contributed by atoms with Gasteiger partial charge in [-0.2, -0.15) is 30.8 Å². The number of hydrogen-bond donors (Lipinski definition) is 6. The number of hydrogen-bond acceptors (Lipinski definition) is 21. The quantitative estimate of drug-likeness (QED) is 0.0754. The second-order valence-corrected chi connectivity index (χ2v) is 17.1. The van der Waals surface area contributed by atoms with Crippen molar-refractivity contribution in [3.63, 3.8) is 0 Å². The van der Waals surface area contributed by atoms with Gasteiger partial charge in [0.2, 0.25) is 0 Å². The molecule has 0 atom stereocenters. The molecule has 0 saturated carbocycles. The summed E-state index contributed by atoms with van der Waals surface area (Å²) in [4.78, 5) is 86.7. The first-order valence-electron chi connectivity index (χ1n) is 23.8. The second kappa shape index (κ2) is 22.0. The van der Waals surface area contributed by atoms with E-state index in [0.29, 0.717) is 100.0 Å². The maximum Gasteiger partial charge on any atom is 0.377 e. The summed E-state index contributed by atoms with van der Waals surface area (Å²) < 4.78 is 13.6. The zero-order chi connectivity index (χ0) is 53.6. The highest BCUT2D eigenvalue weighted by molar-refractivity contribution is 6.45. The molecule has 0 aliphatic carbocycles. The van der Waals surface area contributed by atoms with E-state index in [0.717, 1.165) is 43.4 Å².